The van der Waals surface area contributed by atoms with Crippen molar-refractivity contribution in [2.75, 3.05) is 0 Å². The van der Waals surface area contributed by atoms with E-state index in [0.717, 1.165) is 17.6 Å². The minimum atomic E-state index is 0.938. The summed E-state index contributed by atoms with van der Waals surface area (Å²) in [7, 11) is 0. The van der Waals surface area contributed by atoms with Crippen molar-refractivity contribution < 1.29 is 0 Å². The van der Waals surface area contributed by atoms with Gasteiger partial charge in [0.15, 0.2) is 0 Å². The third kappa shape index (κ3) is 5.39. The van der Waals surface area contributed by atoms with E-state index in [4.69, 9.17) is 0 Å². The molecule has 100 valence electrons. The van der Waals surface area contributed by atoms with Crippen molar-refractivity contribution in [1.82, 2.24) is 0 Å². The predicted octanol–water partition coefficient (Wildman–Crippen LogP) is 5.87. The first-order chi connectivity index (χ1) is 9.15. The molecule has 0 fully saturated rings. The first-order valence-corrected chi connectivity index (χ1v) is 6.43. The van der Waals surface area contributed by atoms with Crippen LogP contribution in [0.25, 0.3) is 0 Å². The predicted molar refractivity (Wildman–Crippen MR) is 89.1 cm³/mol. The fourth-order valence-corrected chi connectivity index (χ4v) is 1.84. The van der Waals surface area contributed by atoms with Gasteiger partial charge in [0.25, 0.3) is 0 Å². The summed E-state index contributed by atoms with van der Waals surface area (Å²) in [5.41, 5.74) is 4.69. The summed E-state index contributed by atoms with van der Waals surface area (Å²) in [6, 6.07) is 0. The Morgan fingerprint density at radius 3 is 1.68 bits per heavy atom. The summed E-state index contributed by atoms with van der Waals surface area (Å²) < 4.78 is 0. The van der Waals surface area contributed by atoms with E-state index in [0.29, 0.717) is 0 Å². The molecule has 0 amide bonds. The van der Waals surface area contributed by atoms with E-state index in [1.54, 1.807) is 12.2 Å². The van der Waals surface area contributed by atoms with Crippen LogP contribution >= 0.6 is 0 Å². The molecule has 19 heavy (non-hydrogen) atoms. The molecule has 0 nitrogen and oxygen atoms in total. The Hall–Kier alpha value is -2.08. The maximum absolute atomic E-state index is 3.89. The van der Waals surface area contributed by atoms with Gasteiger partial charge in [-0.2, -0.15) is 0 Å². The second-order valence-corrected chi connectivity index (χ2v) is 3.97. The molecule has 0 N–H and O–H groups in total. The Kier molecular flexibility index (Phi) is 8.82. The van der Waals surface area contributed by atoms with E-state index in [9.17, 15) is 0 Å². The number of rotatable bonds is 8. The normalized spacial score (nSPS) is 14.0. The summed E-state index contributed by atoms with van der Waals surface area (Å²) in [5, 5.41) is 0. The van der Waals surface area contributed by atoms with Crippen LogP contribution in [0.2, 0.25) is 0 Å². The highest BCUT2D eigenvalue weighted by Gasteiger charge is 2.05. The zero-order valence-electron chi connectivity index (χ0n) is 12.2. The van der Waals surface area contributed by atoms with Crippen molar-refractivity contribution in [3.05, 3.63) is 97.2 Å². The molecule has 0 aromatic rings. The number of hydrogen-bond acceptors (Lipinski definition) is 0. The van der Waals surface area contributed by atoms with Crippen molar-refractivity contribution in [2.24, 2.45) is 0 Å². The highest BCUT2D eigenvalue weighted by molar-refractivity contribution is 5.51. The van der Waals surface area contributed by atoms with Crippen molar-refractivity contribution in [3.63, 3.8) is 0 Å². The summed E-state index contributed by atoms with van der Waals surface area (Å²) in [5.74, 6) is 0. The van der Waals surface area contributed by atoms with Gasteiger partial charge in [0.05, 0.1) is 0 Å². The fourth-order valence-electron chi connectivity index (χ4n) is 1.84. The zero-order chi connectivity index (χ0) is 14.7. The molecule has 0 heterocycles. The molecule has 0 saturated carbocycles. The first-order valence-electron chi connectivity index (χ1n) is 6.43. The molecule has 0 aromatic carbocycles. The molecule has 0 aliphatic carbocycles. The minimum absolute atomic E-state index is 0.938. The summed E-state index contributed by atoms with van der Waals surface area (Å²) in [6.45, 7) is 19.4. The van der Waals surface area contributed by atoms with Gasteiger partial charge in [-0.25, -0.2) is 0 Å². The summed E-state index contributed by atoms with van der Waals surface area (Å²) >= 11 is 0. The molecule has 0 heteroatoms. The SMILES string of the molecule is C=C\C=C/C(C=C)=C(C)/C(CC)=C(C=C)/C=C\C=C. The fraction of sp³-hybridized carbons (Fsp3) is 0.158. The Bertz CT molecular complexity index is 462. The molecule has 0 atom stereocenters. The van der Waals surface area contributed by atoms with Crippen LogP contribution in [-0.4, -0.2) is 0 Å². The van der Waals surface area contributed by atoms with Gasteiger partial charge in [0.2, 0.25) is 0 Å². The molecule has 0 aliphatic heterocycles. The van der Waals surface area contributed by atoms with Crippen LogP contribution in [0.1, 0.15) is 20.3 Å². The average molecular weight is 252 g/mol. The summed E-state index contributed by atoms with van der Waals surface area (Å²) in [6.07, 6.45) is 16.1. The Morgan fingerprint density at radius 1 is 0.842 bits per heavy atom. The van der Waals surface area contributed by atoms with Gasteiger partial charge in [0.1, 0.15) is 0 Å². The molecule has 0 rings (SSSR count). The molecule has 0 spiro atoms. The average Bonchev–Trinajstić information content (AvgIpc) is 2.44. The summed E-state index contributed by atoms with van der Waals surface area (Å²) in [4.78, 5) is 0. The lowest BCUT2D eigenvalue weighted by atomic mass is 9.94. The third-order valence-electron chi connectivity index (χ3n) is 2.85. The van der Waals surface area contributed by atoms with Crippen LogP contribution in [0.5, 0.6) is 0 Å². The molecular weight excluding hydrogens is 228 g/mol. The smallest absolute Gasteiger partial charge is 0.0228 e. The van der Waals surface area contributed by atoms with Gasteiger partial charge in [-0.3, -0.25) is 0 Å². The van der Waals surface area contributed by atoms with Gasteiger partial charge < -0.3 is 0 Å². The maximum atomic E-state index is 3.89. The van der Waals surface area contributed by atoms with Crippen LogP contribution in [0.3, 0.4) is 0 Å². The molecule has 0 bridgehead atoms. The second kappa shape index (κ2) is 9.90. The topological polar surface area (TPSA) is 0 Å². The van der Waals surface area contributed by atoms with Crippen LogP contribution in [-0.2, 0) is 0 Å². The van der Waals surface area contributed by atoms with E-state index < -0.39 is 0 Å². The van der Waals surface area contributed by atoms with Crippen LogP contribution in [0.4, 0.5) is 0 Å². The van der Waals surface area contributed by atoms with Crippen molar-refractivity contribution in [1.29, 1.82) is 0 Å². The van der Waals surface area contributed by atoms with Gasteiger partial charge >= 0.3 is 0 Å². The standard InChI is InChI=1S/C19H24/c1-7-12-14-17(9-3)16(6)19(11-5)18(10-4)15-13-8-2/h7-10,12-15H,1-4,11H2,5-6H3/b14-12-,15-13-,17-16+,19-18+. The Labute approximate surface area is 118 Å². The monoisotopic (exact) mass is 252 g/mol. The minimum Gasteiger partial charge on any atom is -0.0991 e. The molecule has 0 radical (unpaired) electrons. The van der Waals surface area contributed by atoms with Crippen molar-refractivity contribution >= 4 is 0 Å². The third-order valence-corrected chi connectivity index (χ3v) is 2.85. The molecule has 0 aliphatic rings. The number of hydrogen-bond donors (Lipinski definition) is 0. The van der Waals surface area contributed by atoms with Crippen LogP contribution in [0, 0.1) is 0 Å². The zero-order valence-corrected chi connectivity index (χ0v) is 12.2. The van der Waals surface area contributed by atoms with Gasteiger partial charge in [0, 0.05) is 0 Å². The lowest BCUT2D eigenvalue weighted by Crippen LogP contribution is -1.92. The second-order valence-electron chi connectivity index (χ2n) is 3.97. The van der Waals surface area contributed by atoms with Gasteiger partial charge in [-0.15, -0.1) is 0 Å². The lowest BCUT2D eigenvalue weighted by molar-refractivity contribution is 1.08. The molecule has 0 unspecified atom stereocenters. The maximum Gasteiger partial charge on any atom is -0.0228 e. The van der Waals surface area contributed by atoms with E-state index in [1.165, 1.54) is 11.1 Å². The van der Waals surface area contributed by atoms with Crippen molar-refractivity contribution in [3.8, 4) is 0 Å². The Balaban J connectivity index is 5.89. The molecule has 0 aromatic heterocycles. The van der Waals surface area contributed by atoms with Gasteiger partial charge in [-0.1, -0.05) is 81.8 Å². The van der Waals surface area contributed by atoms with E-state index in [1.807, 2.05) is 36.5 Å². The van der Waals surface area contributed by atoms with Crippen molar-refractivity contribution in [2.45, 2.75) is 20.3 Å². The largest absolute Gasteiger partial charge is 0.0991 e. The lowest BCUT2D eigenvalue weighted by Gasteiger charge is -2.11. The highest BCUT2D eigenvalue weighted by atomic mass is 14.1. The van der Waals surface area contributed by atoms with Crippen LogP contribution in [0.15, 0.2) is 97.2 Å². The van der Waals surface area contributed by atoms with E-state index in [-0.39, 0.29) is 0 Å². The Morgan fingerprint density at radius 2 is 1.32 bits per heavy atom. The molecular formula is C19H24. The molecule has 0 saturated heterocycles. The van der Waals surface area contributed by atoms with Crippen LogP contribution < -0.4 is 0 Å². The highest BCUT2D eigenvalue weighted by Crippen LogP contribution is 2.24. The quantitative estimate of drug-likeness (QED) is 0.474. The van der Waals surface area contributed by atoms with Gasteiger partial charge in [-0.05, 0) is 35.6 Å². The number of allylic oxidation sites excluding steroid dienone is 12. The van der Waals surface area contributed by atoms with E-state index in [2.05, 4.69) is 40.2 Å². The van der Waals surface area contributed by atoms with E-state index >= 15 is 0 Å². The first kappa shape index (κ1) is 16.9.